The Morgan fingerprint density at radius 2 is 1.74 bits per heavy atom. The maximum Gasteiger partial charge on any atom is 0.363 e. The molecule has 0 bridgehead atoms. The fraction of sp³-hybridized carbons (Fsp3) is 0.500. The van der Waals surface area contributed by atoms with Crippen LogP contribution in [0.4, 0.5) is 17.8 Å². The second kappa shape index (κ2) is 6.02. The molecule has 2 rings (SSSR count). The molecule has 2 heterocycles. The summed E-state index contributed by atoms with van der Waals surface area (Å²) in [6, 6.07) is 0. The molecule has 1 aliphatic rings. The van der Waals surface area contributed by atoms with Gasteiger partial charge in [0.2, 0.25) is 0 Å². The normalized spacial score (nSPS) is 14.4. The summed E-state index contributed by atoms with van der Waals surface area (Å²) in [5, 5.41) is 10.7. The molecule has 0 saturated heterocycles. The number of carbonyl (C=O) groups excluding carboxylic acids is 2. The topological polar surface area (TPSA) is 135 Å². The van der Waals surface area contributed by atoms with Crippen molar-refractivity contribution >= 4 is 35.7 Å². The second-order valence-electron chi connectivity index (χ2n) is 5.32. The lowest BCUT2D eigenvalue weighted by Gasteiger charge is -2.13. The van der Waals surface area contributed by atoms with Gasteiger partial charge in [0.05, 0.1) is 12.5 Å². The minimum absolute atomic E-state index is 0.0557. The predicted molar refractivity (Wildman–Crippen MR) is 79.2 cm³/mol. The molecule has 1 aromatic heterocycles. The number of hydrogen-bond acceptors (Lipinski definition) is 9. The van der Waals surface area contributed by atoms with Crippen molar-refractivity contribution in [3.8, 4) is 0 Å². The molecule has 0 aromatic carbocycles. The van der Waals surface area contributed by atoms with Crippen molar-refractivity contribution in [3.05, 3.63) is 0 Å². The molecule has 0 radical (unpaired) electrons. The Morgan fingerprint density at radius 3 is 2.17 bits per heavy atom. The van der Waals surface area contributed by atoms with Crippen molar-refractivity contribution < 1.29 is 19.3 Å². The van der Waals surface area contributed by atoms with Crippen molar-refractivity contribution in [2.75, 3.05) is 51.1 Å². The summed E-state index contributed by atoms with van der Waals surface area (Å²) in [6.07, 6.45) is 0. The molecule has 23 heavy (non-hydrogen) atoms. The van der Waals surface area contributed by atoms with Crippen LogP contribution in [0.15, 0.2) is 0 Å². The number of aliphatic carboxylic acids is 1. The number of nitrogens with two attached hydrogens (primary N) is 1. The molecular formula is C12H18N8O3. The van der Waals surface area contributed by atoms with E-state index in [0.717, 1.165) is 4.90 Å². The van der Waals surface area contributed by atoms with E-state index < -0.39 is 18.4 Å². The van der Waals surface area contributed by atoms with Crippen molar-refractivity contribution in [2.45, 2.75) is 0 Å². The molecule has 124 valence electrons. The van der Waals surface area contributed by atoms with Crippen molar-refractivity contribution in [1.82, 2.24) is 19.9 Å². The summed E-state index contributed by atoms with van der Waals surface area (Å²) in [5.41, 5.74) is 5.88. The standard InChI is InChI=1S/C12H18N8O3/c1-17(2)10-14-11(18(3)4)16-12(15-10)20-5-7(21)19(9(20)13)6-8(22)23/h13H,5-6H2,1-4H3,(H,22,23). The molecule has 11 heteroatoms. The van der Waals surface area contributed by atoms with Crippen molar-refractivity contribution in [2.24, 2.45) is 5.73 Å². The molecule has 2 N–H and O–H groups in total. The number of guanidine groups is 1. The van der Waals surface area contributed by atoms with Gasteiger partial charge >= 0.3 is 5.95 Å². The highest BCUT2D eigenvalue weighted by Crippen LogP contribution is 2.17. The molecule has 0 atom stereocenters. The summed E-state index contributed by atoms with van der Waals surface area (Å²) < 4.78 is 1.34. The Hall–Kier alpha value is -2.98. The highest BCUT2D eigenvalue weighted by molar-refractivity contribution is 6.00. The lowest BCUT2D eigenvalue weighted by molar-refractivity contribution is -0.432. The molecule has 0 unspecified atom stereocenters. The fourth-order valence-electron chi connectivity index (χ4n) is 1.91. The minimum Gasteiger partial charge on any atom is -0.547 e. The number of hydrogen-bond donors (Lipinski definition) is 1. The van der Waals surface area contributed by atoms with Crippen LogP contribution in [0.25, 0.3) is 0 Å². The third-order valence-electron chi connectivity index (χ3n) is 3.08. The SMILES string of the molecule is CN(C)c1nc(N(C)C)nc([N+]2=C(N)N(CC(=O)[O-])C(=O)C2)n1. The van der Waals surface area contributed by atoms with Crippen LogP contribution in [0.5, 0.6) is 0 Å². The van der Waals surface area contributed by atoms with Crippen LogP contribution in [0, 0.1) is 0 Å². The minimum atomic E-state index is -1.40. The van der Waals surface area contributed by atoms with Crippen LogP contribution in [0.3, 0.4) is 0 Å². The van der Waals surface area contributed by atoms with Gasteiger partial charge in [-0.2, -0.15) is 4.98 Å². The molecule has 0 spiro atoms. The van der Waals surface area contributed by atoms with E-state index in [-0.39, 0.29) is 18.5 Å². The zero-order chi connectivity index (χ0) is 17.3. The third-order valence-corrected chi connectivity index (χ3v) is 3.08. The van der Waals surface area contributed by atoms with E-state index in [1.807, 2.05) is 0 Å². The predicted octanol–water partition coefficient (Wildman–Crippen LogP) is -3.45. The smallest absolute Gasteiger partial charge is 0.363 e. The summed E-state index contributed by atoms with van der Waals surface area (Å²) in [7, 11) is 7.07. The van der Waals surface area contributed by atoms with E-state index in [0.29, 0.717) is 11.9 Å². The van der Waals surface area contributed by atoms with Crippen molar-refractivity contribution in [1.29, 1.82) is 0 Å². The molecule has 1 aliphatic heterocycles. The van der Waals surface area contributed by atoms with E-state index in [2.05, 4.69) is 15.0 Å². The largest absolute Gasteiger partial charge is 0.547 e. The molecule has 11 nitrogen and oxygen atoms in total. The van der Waals surface area contributed by atoms with Crippen LogP contribution in [0.2, 0.25) is 0 Å². The second-order valence-corrected chi connectivity index (χ2v) is 5.32. The van der Waals surface area contributed by atoms with E-state index in [1.165, 1.54) is 4.58 Å². The van der Waals surface area contributed by atoms with Gasteiger partial charge < -0.3 is 25.4 Å². The van der Waals surface area contributed by atoms with Gasteiger partial charge in [-0.1, -0.05) is 9.97 Å². The van der Waals surface area contributed by atoms with Gasteiger partial charge in [-0.15, -0.1) is 0 Å². The van der Waals surface area contributed by atoms with Crippen LogP contribution in [-0.4, -0.2) is 83.5 Å². The van der Waals surface area contributed by atoms with E-state index in [1.54, 1.807) is 38.0 Å². The maximum absolute atomic E-state index is 11.9. The Bertz CT molecular complexity index is 659. The fourth-order valence-corrected chi connectivity index (χ4v) is 1.91. The number of rotatable bonds is 5. The molecule has 0 saturated carbocycles. The highest BCUT2D eigenvalue weighted by atomic mass is 16.4. The van der Waals surface area contributed by atoms with Gasteiger partial charge in [0.1, 0.15) is 6.54 Å². The number of aromatic nitrogens is 3. The maximum atomic E-state index is 11.9. The highest BCUT2D eigenvalue weighted by Gasteiger charge is 2.36. The van der Waals surface area contributed by atoms with Crippen LogP contribution >= 0.6 is 0 Å². The van der Waals surface area contributed by atoms with Crippen molar-refractivity contribution in [3.63, 3.8) is 0 Å². The number of amides is 1. The van der Waals surface area contributed by atoms with Gasteiger partial charge in [0.15, 0.2) is 0 Å². The first kappa shape index (κ1) is 16.4. The molecule has 0 fully saturated rings. The first-order chi connectivity index (χ1) is 10.7. The number of nitrogens with zero attached hydrogens (tertiary/aromatic N) is 7. The molecular weight excluding hydrogens is 304 g/mol. The van der Waals surface area contributed by atoms with E-state index in [9.17, 15) is 14.7 Å². The Balaban J connectivity index is 2.50. The Labute approximate surface area is 132 Å². The molecule has 1 amide bonds. The number of carboxylic acid groups (broad SMARTS) is 1. The van der Waals surface area contributed by atoms with Crippen LogP contribution < -0.4 is 20.6 Å². The van der Waals surface area contributed by atoms with Crippen LogP contribution in [-0.2, 0) is 9.59 Å². The van der Waals surface area contributed by atoms with E-state index in [4.69, 9.17) is 5.73 Å². The lowest BCUT2D eigenvalue weighted by Crippen LogP contribution is -2.45. The quantitative estimate of drug-likeness (QED) is 0.549. The average Bonchev–Trinajstić information content (AvgIpc) is 2.74. The van der Waals surface area contributed by atoms with Gasteiger partial charge in [-0.05, 0) is 0 Å². The Kier molecular flexibility index (Phi) is 4.29. The summed E-state index contributed by atoms with van der Waals surface area (Å²) in [4.78, 5) is 39.7. The monoisotopic (exact) mass is 322 g/mol. The lowest BCUT2D eigenvalue weighted by atomic mass is 10.5. The molecule has 1 aromatic rings. The van der Waals surface area contributed by atoms with Gasteiger partial charge in [-0.25, -0.2) is 9.48 Å². The molecule has 0 aliphatic carbocycles. The summed E-state index contributed by atoms with van der Waals surface area (Å²) in [6.45, 7) is -0.768. The van der Waals surface area contributed by atoms with E-state index >= 15 is 0 Å². The average molecular weight is 322 g/mol. The van der Waals surface area contributed by atoms with Gasteiger partial charge in [0, 0.05) is 28.2 Å². The summed E-state index contributed by atoms with van der Waals surface area (Å²) >= 11 is 0. The number of anilines is 2. The Morgan fingerprint density at radius 1 is 1.22 bits per heavy atom. The van der Waals surface area contributed by atoms with Gasteiger partial charge in [-0.3, -0.25) is 4.79 Å². The number of carbonyl (C=O) groups is 2. The first-order valence-corrected chi connectivity index (χ1v) is 6.71. The van der Waals surface area contributed by atoms with Crippen LogP contribution in [0.1, 0.15) is 0 Å². The summed E-state index contributed by atoms with van der Waals surface area (Å²) in [5.74, 6) is -0.986. The zero-order valence-electron chi connectivity index (χ0n) is 13.3. The zero-order valence-corrected chi connectivity index (χ0v) is 13.3. The number of carboxylic acids is 1. The third kappa shape index (κ3) is 3.27. The van der Waals surface area contributed by atoms with Gasteiger partial charge in [0.25, 0.3) is 23.8 Å². The first-order valence-electron chi connectivity index (χ1n) is 6.71.